The molecular formula is C19H32N4O. The quantitative estimate of drug-likeness (QED) is 0.619. The molecule has 5 nitrogen and oxygen atoms in total. The molecule has 2 rings (SSSR count). The van der Waals surface area contributed by atoms with E-state index >= 15 is 0 Å². The first-order chi connectivity index (χ1) is 11.6. The van der Waals surface area contributed by atoms with Gasteiger partial charge in [-0.25, -0.2) is 0 Å². The van der Waals surface area contributed by atoms with Gasteiger partial charge in [0.15, 0.2) is 5.96 Å². The van der Waals surface area contributed by atoms with Crippen LogP contribution in [0.15, 0.2) is 29.3 Å². The summed E-state index contributed by atoms with van der Waals surface area (Å²) >= 11 is 0. The molecule has 1 atom stereocenters. The number of methoxy groups -OCH3 is 1. The third-order valence-electron chi connectivity index (χ3n) is 4.67. The molecule has 1 aliphatic heterocycles. The molecule has 1 aromatic carbocycles. The molecule has 1 aliphatic rings. The molecule has 1 aromatic rings. The van der Waals surface area contributed by atoms with E-state index in [1.54, 1.807) is 7.11 Å². The van der Waals surface area contributed by atoms with Gasteiger partial charge in [0.2, 0.25) is 0 Å². The highest BCUT2D eigenvalue weighted by atomic mass is 16.5. The lowest BCUT2D eigenvalue weighted by atomic mass is 10.0. The summed E-state index contributed by atoms with van der Waals surface area (Å²) in [6, 6.07) is 8.17. The van der Waals surface area contributed by atoms with Gasteiger partial charge in [-0.2, -0.15) is 0 Å². The predicted octanol–water partition coefficient (Wildman–Crippen LogP) is 3.32. The highest BCUT2D eigenvalue weighted by Gasteiger charge is 2.22. The normalized spacial score (nSPS) is 18.2. The molecular weight excluding hydrogens is 300 g/mol. The second-order valence-corrected chi connectivity index (χ2v) is 6.84. The highest BCUT2D eigenvalue weighted by Crippen LogP contribution is 2.18. The van der Waals surface area contributed by atoms with Gasteiger partial charge < -0.3 is 15.8 Å². The Morgan fingerprint density at radius 2 is 1.96 bits per heavy atom. The fraction of sp³-hybridized carbons (Fsp3) is 0.632. The van der Waals surface area contributed by atoms with Crippen LogP contribution in [0.1, 0.15) is 39.5 Å². The standard InChI is InChI=1S/C19H32N4O/c1-15(2)18(23-11-6-4-5-7-12-23)14-21-19(20)22-16-9-8-10-17(13-16)24-3/h8-10,13,15,18H,4-7,11-12,14H2,1-3H3,(H3,20,21,22). The minimum atomic E-state index is 0.453. The Bertz CT molecular complexity index is 522. The zero-order valence-corrected chi connectivity index (χ0v) is 15.3. The molecule has 0 aliphatic carbocycles. The Labute approximate surface area is 146 Å². The molecule has 24 heavy (non-hydrogen) atoms. The van der Waals surface area contributed by atoms with Crippen LogP contribution in [-0.4, -0.2) is 43.6 Å². The molecule has 1 heterocycles. The van der Waals surface area contributed by atoms with E-state index in [0.717, 1.165) is 18.0 Å². The zero-order valence-electron chi connectivity index (χ0n) is 15.3. The van der Waals surface area contributed by atoms with E-state index in [1.165, 1.54) is 38.8 Å². The summed E-state index contributed by atoms with van der Waals surface area (Å²) in [6.07, 6.45) is 5.29. The molecule has 5 heteroatoms. The van der Waals surface area contributed by atoms with Crippen LogP contribution in [0.2, 0.25) is 0 Å². The number of nitrogens with two attached hydrogens (primary N) is 1. The summed E-state index contributed by atoms with van der Waals surface area (Å²) in [5, 5.41) is 3.16. The summed E-state index contributed by atoms with van der Waals surface area (Å²) in [5.74, 6) is 1.83. The Balaban J connectivity index is 1.96. The van der Waals surface area contributed by atoms with Gasteiger partial charge in [0.25, 0.3) is 0 Å². The number of nitrogens with one attached hydrogen (secondary N) is 1. The van der Waals surface area contributed by atoms with Crippen molar-refractivity contribution in [1.82, 2.24) is 4.90 Å². The Kier molecular flexibility index (Phi) is 7.37. The molecule has 1 unspecified atom stereocenters. The smallest absolute Gasteiger partial charge is 0.193 e. The minimum Gasteiger partial charge on any atom is -0.497 e. The number of rotatable bonds is 6. The topological polar surface area (TPSA) is 62.9 Å². The molecule has 0 aromatic heterocycles. The van der Waals surface area contributed by atoms with E-state index in [0.29, 0.717) is 17.9 Å². The van der Waals surface area contributed by atoms with Gasteiger partial charge in [-0.15, -0.1) is 0 Å². The molecule has 0 radical (unpaired) electrons. The van der Waals surface area contributed by atoms with E-state index in [9.17, 15) is 0 Å². The lowest BCUT2D eigenvalue weighted by molar-refractivity contribution is 0.166. The van der Waals surface area contributed by atoms with Gasteiger partial charge in [-0.1, -0.05) is 32.8 Å². The van der Waals surface area contributed by atoms with E-state index < -0.39 is 0 Å². The third kappa shape index (κ3) is 5.71. The van der Waals surface area contributed by atoms with Gasteiger partial charge in [-0.05, 0) is 44.0 Å². The number of aliphatic imine (C=N–C) groups is 1. The Morgan fingerprint density at radius 1 is 1.25 bits per heavy atom. The number of hydrogen-bond donors (Lipinski definition) is 2. The first-order valence-electron chi connectivity index (χ1n) is 9.05. The zero-order chi connectivity index (χ0) is 17.4. The summed E-state index contributed by atoms with van der Waals surface area (Å²) in [4.78, 5) is 7.20. The van der Waals surface area contributed by atoms with Crippen molar-refractivity contribution in [3.8, 4) is 5.75 Å². The van der Waals surface area contributed by atoms with Crippen LogP contribution in [0.4, 0.5) is 5.69 Å². The van der Waals surface area contributed by atoms with Crippen molar-refractivity contribution in [3.63, 3.8) is 0 Å². The van der Waals surface area contributed by atoms with Crippen molar-refractivity contribution in [2.45, 2.75) is 45.6 Å². The lowest BCUT2D eigenvalue weighted by Crippen LogP contribution is -2.42. The largest absolute Gasteiger partial charge is 0.497 e. The van der Waals surface area contributed by atoms with Gasteiger partial charge in [0.1, 0.15) is 5.75 Å². The predicted molar refractivity (Wildman–Crippen MR) is 102 cm³/mol. The second-order valence-electron chi connectivity index (χ2n) is 6.84. The molecule has 134 valence electrons. The summed E-state index contributed by atoms with van der Waals surface area (Å²) in [6.45, 7) is 7.65. The van der Waals surface area contributed by atoms with Crippen LogP contribution in [0.3, 0.4) is 0 Å². The van der Waals surface area contributed by atoms with E-state index in [1.807, 2.05) is 24.3 Å². The molecule has 0 amide bonds. The van der Waals surface area contributed by atoms with Crippen molar-refractivity contribution < 1.29 is 4.74 Å². The van der Waals surface area contributed by atoms with Gasteiger partial charge in [-0.3, -0.25) is 9.89 Å². The van der Waals surface area contributed by atoms with E-state index in [-0.39, 0.29) is 0 Å². The summed E-state index contributed by atoms with van der Waals surface area (Å²) < 4.78 is 5.23. The van der Waals surface area contributed by atoms with Crippen molar-refractivity contribution in [3.05, 3.63) is 24.3 Å². The fourth-order valence-electron chi connectivity index (χ4n) is 3.25. The van der Waals surface area contributed by atoms with Crippen molar-refractivity contribution >= 4 is 11.6 Å². The average Bonchev–Trinajstić information content (AvgIpc) is 2.84. The number of anilines is 1. The number of benzene rings is 1. The van der Waals surface area contributed by atoms with Crippen LogP contribution >= 0.6 is 0 Å². The molecule has 3 N–H and O–H groups in total. The number of likely N-dealkylation sites (tertiary alicyclic amines) is 1. The highest BCUT2D eigenvalue weighted by molar-refractivity contribution is 5.92. The van der Waals surface area contributed by atoms with Crippen LogP contribution in [0, 0.1) is 5.92 Å². The Hall–Kier alpha value is -1.75. The molecule has 1 saturated heterocycles. The monoisotopic (exact) mass is 332 g/mol. The van der Waals surface area contributed by atoms with Crippen LogP contribution < -0.4 is 15.8 Å². The van der Waals surface area contributed by atoms with Gasteiger partial charge in [0.05, 0.1) is 13.7 Å². The van der Waals surface area contributed by atoms with Gasteiger partial charge >= 0.3 is 0 Å². The van der Waals surface area contributed by atoms with Gasteiger partial charge in [0, 0.05) is 17.8 Å². The summed E-state index contributed by atoms with van der Waals surface area (Å²) in [5.41, 5.74) is 6.98. The SMILES string of the molecule is COc1cccc(NC(N)=NCC(C(C)C)N2CCCCCC2)c1. The second kappa shape index (κ2) is 9.52. The van der Waals surface area contributed by atoms with Crippen molar-refractivity contribution in [2.24, 2.45) is 16.6 Å². The number of nitrogens with zero attached hydrogens (tertiary/aromatic N) is 2. The van der Waals surface area contributed by atoms with Crippen LogP contribution in [0.25, 0.3) is 0 Å². The number of guanidine groups is 1. The maximum atomic E-state index is 6.09. The maximum Gasteiger partial charge on any atom is 0.193 e. The molecule has 1 fully saturated rings. The van der Waals surface area contributed by atoms with Crippen LogP contribution in [-0.2, 0) is 0 Å². The average molecular weight is 332 g/mol. The lowest BCUT2D eigenvalue weighted by Gasteiger charge is -2.32. The first-order valence-corrected chi connectivity index (χ1v) is 9.05. The van der Waals surface area contributed by atoms with E-state index in [2.05, 4.69) is 29.1 Å². The first kappa shape index (κ1) is 18.6. The fourth-order valence-corrected chi connectivity index (χ4v) is 3.25. The van der Waals surface area contributed by atoms with Crippen LogP contribution in [0.5, 0.6) is 5.75 Å². The Morgan fingerprint density at radius 3 is 2.58 bits per heavy atom. The maximum absolute atomic E-state index is 6.09. The number of hydrogen-bond acceptors (Lipinski definition) is 3. The van der Waals surface area contributed by atoms with Crippen molar-refractivity contribution in [1.29, 1.82) is 0 Å². The number of ether oxygens (including phenoxy) is 1. The summed E-state index contributed by atoms with van der Waals surface area (Å²) in [7, 11) is 1.66. The van der Waals surface area contributed by atoms with Crippen molar-refractivity contribution in [2.75, 3.05) is 32.1 Å². The van der Waals surface area contributed by atoms with E-state index in [4.69, 9.17) is 10.5 Å². The molecule has 0 spiro atoms. The molecule has 0 saturated carbocycles. The molecule has 0 bridgehead atoms. The minimum absolute atomic E-state index is 0.453. The third-order valence-corrected chi connectivity index (χ3v) is 4.67.